The second kappa shape index (κ2) is 8.55. The fraction of sp³-hybridized carbons (Fsp3) is 0.391. The molecule has 6 heteroatoms. The van der Waals surface area contributed by atoms with E-state index in [0.29, 0.717) is 26.1 Å². The summed E-state index contributed by atoms with van der Waals surface area (Å²) < 4.78 is 0. The lowest BCUT2D eigenvalue weighted by Crippen LogP contribution is -2.53. The van der Waals surface area contributed by atoms with Gasteiger partial charge in [0.05, 0.1) is 12.1 Å². The van der Waals surface area contributed by atoms with Crippen LogP contribution in [0.3, 0.4) is 0 Å². The van der Waals surface area contributed by atoms with Crippen molar-refractivity contribution in [2.45, 2.75) is 25.4 Å². The highest BCUT2D eigenvalue weighted by Gasteiger charge is 2.35. The van der Waals surface area contributed by atoms with E-state index in [1.54, 1.807) is 0 Å². The third-order valence-corrected chi connectivity index (χ3v) is 5.92. The minimum Gasteiger partial charge on any atom is -0.368 e. The predicted molar refractivity (Wildman–Crippen MR) is 114 cm³/mol. The summed E-state index contributed by atoms with van der Waals surface area (Å²) in [7, 11) is 0. The molecule has 4 rings (SSSR count). The largest absolute Gasteiger partial charge is 0.368 e. The molecule has 3 amide bonds. The molecule has 2 aliphatic rings. The Morgan fingerprint density at radius 1 is 0.966 bits per heavy atom. The average molecular weight is 393 g/mol. The van der Waals surface area contributed by atoms with Crippen molar-refractivity contribution in [2.24, 2.45) is 0 Å². The summed E-state index contributed by atoms with van der Waals surface area (Å²) in [5.74, 6) is 0.0977. The van der Waals surface area contributed by atoms with Gasteiger partial charge in [-0.1, -0.05) is 48.5 Å². The molecule has 0 aliphatic carbocycles. The molecule has 152 valence electrons. The zero-order valence-corrected chi connectivity index (χ0v) is 16.8. The van der Waals surface area contributed by atoms with Gasteiger partial charge in [-0.3, -0.25) is 4.79 Å². The topological polar surface area (TPSA) is 55.9 Å². The van der Waals surface area contributed by atoms with Gasteiger partial charge < -0.3 is 20.0 Å². The second-order valence-corrected chi connectivity index (χ2v) is 7.79. The maximum absolute atomic E-state index is 12.7. The van der Waals surface area contributed by atoms with Gasteiger partial charge in [-0.2, -0.15) is 0 Å². The fourth-order valence-electron chi connectivity index (χ4n) is 4.19. The van der Waals surface area contributed by atoms with Crippen molar-refractivity contribution in [2.75, 3.05) is 37.6 Å². The Kier molecular flexibility index (Phi) is 5.69. The van der Waals surface area contributed by atoms with Gasteiger partial charge in [-0.15, -0.1) is 0 Å². The van der Waals surface area contributed by atoms with Crippen molar-refractivity contribution in [3.8, 4) is 0 Å². The van der Waals surface area contributed by atoms with Gasteiger partial charge in [0.15, 0.2) is 0 Å². The van der Waals surface area contributed by atoms with Crippen LogP contribution in [-0.4, -0.2) is 60.5 Å². The smallest absolute Gasteiger partial charge is 0.317 e. The molecule has 1 N–H and O–H groups in total. The van der Waals surface area contributed by atoms with Crippen LogP contribution in [-0.2, 0) is 4.79 Å². The Balaban J connectivity index is 1.29. The van der Waals surface area contributed by atoms with E-state index < -0.39 is 0 Å². The molecule has 6 nitrogen and oxygen atoms in total. The molecular weight excluding hydrogens is 364 g/mol. The molecule has 29 heavy (non-hydrogen) atoms. The molecule has 2 aromatic carbocycles. The standard InChI is InChI=1S/C23H28N4O2/c1-18(19-8-4-2-5-9-19)27-17-20(16-22(27)28)24-23(29)26-14-12-25(13-15-26)21-10-6-3-7-11-21/h2-11,18,20H,12-17H2,1H3,(H,24,29). The lowest BCUT2D eigenvalue weighted by Gasteiger charge is -2.36. The van der Waals surface area contributed by atoms with Gasteiger partial charge in [0.1, 0.15) is 0 Å². The van der Waals surface area contributed by atoms with E-state index in [0.717, 1.165) is 18.7 Å². The molecule has 2 atom stereocenters. The Hall–Kier alpha value is -3.02. The first-order valence-electron chi connectivity index (χ1n) is 10.3. The van der Waals surface area contributed by atoms with Crippen molar-refractivity contribution in [3.05, 3.63) is 66.2 Å². The highest BCUT2D eigenvalue weighted by atomic mass is 16.2. The fourth-order valence-corrected chi connectivity index (χ4v) is 4.19. The molecule has 0 radical (unpaired) electrons. The number of carbonyl (C=O) groups is 2. The number of likely N-dealkylation sites (tertiary alicyclic amines) is 1. The van der Waals surface area contributed by atoms with Crippen LogP contribution in [0.2, 0.25) is 0 Å². The van der Waals surface area contributed by atoms with E-state index in [9.17, 15) is 9.59 Å². The Morgan fingerprint density at radius 2 is 1.59 bits per heavy atom. The number of nitrogens with zero attached hydrogens (tertiary/aromatic N) is 3. The maximum atomic E-state index is 12.7. The van der Waals surface area contributed by atoms with E-state index in [4.69, 9.17) is 0 Å². The minimum atomic E-state index is -0.131. The van der Waals surface area contributed by atoms with Crippen LogP contribution >= 0.6 is 0 Å². The third-order valence-electron chi connectivity index (χ3n) is 5.92. The number of anilines is 1. The summed E-state index contributed by atoms with van der Waals surface area (Å²) in [6.07, 6.45) is 0.368. The number of nitrogens with one attached hydrogen (secondary N) is 1. The van der Waals surface area contributed by atoms with Crippen molar-refractivity contribution in [1.82, 2.24) is 15.1 Å². The third kappa shape index (κ3) is 4.36. The molecular formula is C23H28N4O2. The number of urea groups is 1. The molecule has 0 saturated carbocycles. The van der Waals surface area contributed by atoms with E-state index >= 15 is 0 Å². The van der Waals surface area contributed by atoms with Crippen LogP contribution in [0, 0.1) is 0 Å². The van der Waals surface area contributed by atoms with E-state index in [1.165, 1.54) is 5.69 Å². The van der Waals surface area contributed by atoms with Gasteiger partial charge in [-0.25, -0.2) is 4.79 Å². The van der Waals surface area contributed by atoms with Gasteiger partial charge in [0.25, 0.3) is 0 Å². The normalized spacial score (nSPS) is 20.7. The molecule has 2 aromatic rings. The van der Waals surface area contributed by atoms with Gasteiger partial charge in [0.2, 0.25) is 5.91 Å². The van der Waals surface area contributed by atoms with Crippen LogP contribution in [0.1, 0.15) is 24.9 Å². The number of carbonyl (C=O) groups excluding carboxylic acids is 2. The number of hydrogen-bond donors (Lipinski definition) is 1. The van der Waals surface area contributed by atoms with Crippen molar-refractivity contribution in [1.29, 1.82) is 0 Å². The zero-order valence-electron chi connectivity index (χ0n) is 16.8. The van der Waals surface area contributed by atoms with Crippen LogP contribution in [0.15, 0.2) is 60.7 Å². The summed E-state index contributed by atoms with van der Waals surface area (Å²) in [4.78, 5) is 31.2. The molecule has 0 bridgehead atoms. The Labute approximate surface area is 172 Å². The second-order valence-electron chi connectivity index (χ2n) is 7.79. The highest BCUT2D eigenvalue weighted by molar-refractivity contribution is 5.82. The molecule has 2 unspecified atom stereocenters. The van der Waals surface area contributed by atoms with Gasteiger partial charge in [0, 0.05) is 44.8 Å². The van der Waals surface area contributed by atoms with Crippen LogP contribution in [0.4, 0.5) is 10.5 Å². The number of hydrogen-bond acceptors (Lipinski definition) is 3. The molecule has 2 saturated heterocycles. The molecule has 2 fully saturated rings. The molecule has 2 heterocycles. The lowest BCUT2D eigenvalue weighted by molar-refractivity contribution is -0.129. The molecule has 2 aliphatic heterocycles. The predicted octanol–water partition coefficient (Wildman–Crippen LogP) is 2.88. The first-order chi connectivity index (χ1) is 14.1. The maximum Gasteiger partial charge on any atom is 0.317 e. The van der Waals surface area contributed by atoms with Crippen molar-refractivity contribution >= 4 is 17.6 Å². The van der Waals surface area contributed by atoms with Crippen molar-refractivity contribution < 1.29 is 9.59 Å². The molecule has 0 aromatic heterocycles. The zero-order chi connectivity index (χ0) is 20.2. The first kappa shape index (κ1) is 19.3. The van der Waals surface area contributed by atoms with E-state index in [-0.39, 0.29) is 24.0 Å². The quantitative estimate of drug-likeness (QED) is 0.871. The van der Waals surface area contributed by atoms with E-state index in [1.807, 2.05) is 65.3 Å². The summed E-state index contributed by atoms with van der Waals surface area (Å²) in [6.45, 7) is 5.61. The first-order valence-corrected chi connectivity index (χ1v) is 10.3. The lowest BCUT2D eigenvalue weighted by atomic mass is 10.1. The van der Waals surface area contributed by atoms with Crippen LogP contribution in [0.5, 0.6) is 0 Å². The highest BCUT2D eigenvalue weighted by Crippen LogP contribution is 2.25. The number of piperazine rings is 1. The Morgan fingerprint density at radius 3 is 2.24 bits per heavy atom. The van der Waals surface area contributed by atoms with Crippen LogP contribution in [0.25, 0.3) is 0 Å². The van der Waals surface area contributed by atoms with Gasteiger partial charge >= 0.3 is 6.03 Å². The monoisotopic (exact) mass is 392 g/mol. The Bertz CT molecular complexity index is 834. The number of para-hydroxylation sites is 1. The summed E-state index contributed by atoms with van der Waals surface area (Å²) in [5, 5.41) is 3.08. The number of rotatable bonds is 4. The molecule has 0 spiro atoms. The summed E-state index contributed by atoms with van der Waals surface area (Å²) >= 11 is 0. The average Bonchev–Trinajstić information content (AvgIpc) is 3.14. The van der Waals surface area contributed by atoms with Crippen molar-refractivity contribution in [3.63, 3.8) is 0 Å². The minimum absolute atomic E-state index is 0.0139. The van der Waals surface area contributed by atoms with E-state index in [2.05, 4.69) is 22.3 Å². The van der Waals surface area contributed by atoms with Crippen LogP contribution < -0.4 is 10.2 Å². The number of amides is 3. The number of benzene rings is 2. The van der Waals surface area contributed by atoms with Gasteiger partial charge in [-0.05, 0) is 24.6 Å². The SMILES string of the molecule is CC(c1ccccc1)N1CC(NC(=O)N2CCN(c3ccccc3)CC2)CC1=O. The summed E-state index contributed by atoms with van der Waals surface area (Å²) in [6, 6.07) is 20.1. The summed E-state index contributed by atoms with van der Waals surface area (Å²) in [5.41, 5.74) is 2.31.